The molecule has 12 heteroatoms. The molecule has 0 radical (unpaired) electrons. The number of aromatic nitrogens is 1. The van der Waals surface area contributed by atoms with Crippen LogP contribution in [-0.2, 0) is 6.18 Å². The Labute approximate surface area is 199 Å². The van der Waals surface area contributed by atoms with Gasteiger partial charge in [0.25, 0.3) is 11.2 Å². The lowest BCUT2D eigenvalue weighted by Gasteiger charge is -2.37. The largest absolute Gasteiger partial charge is 0.506 e. The molecule has 1 saturated carbocycles. The van der Waals surface area contributed by atoms with Crippen LogP contribution < -0.4 is 10.5 Å². The lowest BCUT2D eigenvalue weighted by atomic mass is 9.89. The molecule has 0 atom stereocenters. The Balaban J connectivity index is 0.00000158. The predicted molar refractivity (Wildman–Crippen MR) is 126 cm³/mol. The van der Waals surface area contributed by atoms with Crippen LogP contribution in [0.2, 0.25) is 0 Å². The SMILES string of the molecule is CC.O=c1nc(N2CCN(CC3CCCCC3)CC2)sc2c([N+](=O)[O-])cc(C(F)(F)F)c(O)c12. The van der Waals surface area contributed by atoms with Crippen LogP contribution in [0.4, 0.5) is 24.0 Å². The molecule has 8 nitrogen and oxygen atoms in total. The second kappa shape index (κ2) is 10.9. The molecule has 0 amide bonds. The predicted octanol–water partition coefficient (Wildman–Crippen LogP) is 5.02. The molecular weight excluding hydrogens is 473 g/mol. The van der Waals surface area contributed by atoms with E-state index in [9.17, 15) is 33.2 Å². The Morgan fingerprint density at radius 1 is 1.18 bits per heavy atom. The summed E-state index contributed by atoms with van der Waals surface area (Å²) in [7, 11) is 0. The van der Waals surface area contributed by atoms with Gasteiger partial charge in [-0.15, -0.1) is 0 Å². The second-order valence-electron chi connectivity index (χ2n) is 8.34. The summed E-state index contributed by atoms with van der Waals surface area (Å²) in [5.74, 6) is -0.630. The summed E-state index contributed by atoms with van der Waals surface area (Å²) in [6, 6.07) is 0.277. The van der Waals surface area contributed by atoms with E-state index in [1.807, 2.05) is 18.7 Å². The Kier molecular flexibility index (Phi) is 8.34. The van der Waals surface area contributed by atoms with Crippen molar-refractivity contribution in [3.8, 4) is 5.75 Å². The number of halogens is 3. The number of aromatic hydroxyl groups is 1. The summed E-state index contributed by atoms with van der Waals surface area (Å²) in [6.07, 6.45) is 1.25. The van der Waals surface area contributed by atoms with Crippen LogP contribution in [0.15, 0.2) is 10.9 Å². The van der Waals surface area contributed by atoms with Gasteiger partial charge in [-0.1, -0.05) is 44.4 Å². The van der Waals surface area contributed by atoms with Gasteiger partial charge in [-0.05, 0) is 18.8 Å². The molecule has 2 fully saturated rings. The number of fused-ring (bicyclic) bond motifs is 1. The van der Waals surface area contributed by atoms with Gasteiger partial charge in [0.2, 0.25) is 0 Å². The van der Waals surface area contributed by atoms with Crippen molar-refractivity contribution in [2.75, 3.05) is 37.6 Å². The van der Waals surface area contributed by atoms with Gasteiger partial charge >= 0.3 is 6.18 Å². The average Bonchev–Trinajstić information content (AvgIpc) is 2.80. The van der Waals surface area contributed by atoms with Crippen molar-refractivity contribution in [3.05, 3.63) is 32.1 Å². The van der Waals surface area contributed by atoms with E-state index in [1.165, 1.54) is 32.1 Å². The van der Waals surface area contributed by atoms with Crippen LogP contribution in [0, 0.1) is 16.0 Å². The van der Waals surface area contributed by atoms with Crippen molar-refractivity contribution in [2.24, 2.45) is 5.92 Å². The first-order valence-electron chi connectivity index (χ1n) is 11.5. The minimum absolute atomic E-state index is 0.210. The van der Waals surface area contributed by atoms with E-state index in [0.717, 1.165) is 31.0 Å². The topological polar surface area (TPSA) is 99.8 Å². The van der Waals surface area contributed by atoms with Gasteiger partial charge in [-0.3, -0.25) is 19.8 Å². The number of phenolic OH excluding ortho intramolecular Hbond substituents is 1. The van der Waals surface area contributed by atoms with Crippen molar-refractivity contribution in [2.45, 2.75) is 52.1 Å². The minimum atomic E-state index is -5.05. The fourth-order valence-corrected chi connectivity index (χ4v) is 5.69. The summed E-state index contributed by atoms with van der Waals surface area (Å²) in [6.45, 7) is 7.63. The van der Waals surface area contributed by atoms with E-state index in [4.69, 9.17) is 0 Å². The fraction of sp³-hybridized carbons (Fsp3) is 0.636. The maximum Gasteiger partial charge on any atom is 0.420 e. The van der Waals surface area contributed by atoms with Crippen LogP contribution in [0.5, 0.6) is 5.75 Å². The maximum absolute atomic E-state index is 13.2. The number of rotatable bonds is 4. The smallest absolute Gasteiger partial charge is 0.420 e. The lowest BCUT2D eigenvalue weighted by Crippen LogP contribution is -2.48. The number of alkyl halides is 3. The molecule has 1 saturated heterocycles. The molecule has 1 aliphatic carbocycles. The number of nitro benzene ring substituents is 1. The first kappa shape index (κ1) is 26.1. The molecule has 2 aliphatic rings. The van der Waals surface area contributed by atoms with E-state index < -0.39 is 39.0 Å². The van der Waals surface area contributed by atoms with E-state index in [2.05, 4.69) is 9.88 Å². The molecule has 188 valence electrons. The van der Waals surface area contributed by atoms with Gasteiger partial charge in [0.15, 0.2) is 5.13 Å². The van der Waals surface area contributed by atoms with Crippen LogP contribution in [0.3, 0.4) is 0 Å². The zero-order valence-electron chi connectivity index (χ0n) is 19.2. The molecule has 0 unspecified atom stereocenters. The number of non-ortho nitro benzene ring substituents is 1. The van der Waals surface area contributed by atoms with Crippen molar-refractivity contribution in [3.63, 3.8) is 0 Å². The van der Waals surface area contributed by atoms with E-state index in [-0.39, 0.29) is 15.9 Å². The number of phenols is 1. The van der Waals surface area contributed by atoms with Gasteiger partial charge < -0.3 is 10.0 Å². The lowest BCUT2D eigenvalue weighted by molar-refractivity contribution is -0.383. The minimum Gasteiger partial charge on any atom is -0.506 e. The summed E-state index contributed by atoms with van der Waals surface area (Å²) in [4.78, 5) is 31.1. The van der Waals surface area contributed by atoms with Gasteiger partial charge in [0.05, 0.1) is 4.92 Å². The molecule has 2 heterocycles. The normalized spacial score (nSPS) is 18.0. The number of nitro groups is 1. The third-order valence-corrected chi connectivity index (χ3v) is 7.37. The van der Waals surface area contributed by atoms with E-state index >= 15 is 0 Å². The molecule has 4 rings (SSSR count). The summed E-state index contributed by atoms with van der Waals surface area (Å²) >= 11 is 0.760. The molecule has 2 aromatic rings. The van der Waals surface area contributed by atoms with E-state index in [1.54, 1.807) is 0 Å². The number of nitrogens with zero attached hydrogens (tertiary/aromatic N) is 4. The third kappa shape index (κ3) is 5.60. The van der Waals surface area contributed by atoms with Crippen molar-refractivity contribution in [1.82, 2.24) is 9.88 Å². The quantitative estimate of drug-likeness (QED) is 0.463. The van der Waals surface area contributed by atoms with Gasteiger partial charge in [-0.2, -0.15) is 18.2 Å². The Bertz CT molecular complexity index is 1080. The highest BCUT2D eigenvalue weighted by Gasteiger charge is 2.38. The van der Waals surface area contributed by atoms with Crippen LogP contribution in [0.1, 0.15) is 51.5 Å². The number of benzene rings is 1. The first-order chi connectivity index (χ1) is 16.1. The maximum atomic E-state index is 13.2. The monoisotopic (exact) mass is 502 g/mol. The first-order valence-corrected chi connectivity index (χ1v) is 12.4. The molecular formula is C22H29F3N4O4S. The average molecular weight is 503 g/mol. The summed E-state index contributed by atoms with van der Waals surface area (Å²) in [5.41, 5.74) is -3.59. The Morgan fingerprint density at radius 2 is 1.79 bits per heavy atom. The summed E-state index contributed by atoms with van der Waals surface area (Å²) in [5, 5.41) is 21.0. The number of piperazine rings is 1. The highest BCUT2D eigenvalue weighted by Crippen LogP contribution is 2.44. The van der Waals surface area contributed by atoms with Crippen LogP contribution in [-0.4, -0.2) is 52.6 Å². The fourth-order valence-electron chi connectivity index (χ4n) is 4.54. The van der Waals surface area contributed by atoms with Crippen LogP contribution >= 0.6 is 11.3 Å². The molecule has 1 aromatic carbocycles. The van der Waals surface area contributed by atoms with Gasteiger partial charge in [0.1, 0.15) is 21.4 Å². The highest BCUT2D eigenvalue weighted by molar-refractivity contribution is 7.22. The molecule has 0 bridgehead atoms. The number of hydrogen-bond donors (Lipinski definition) is 1. The highest BCUT2D eigenvalue weighted by atomic mass is 32.1. The van der Waals surface area contributed by atoms with Crippen molar-refractivity contribution >= 4 is 32.2 Å². The third-order valence-electron chi connectivity index (χ3n) is 6.22. The zero-order chi connectivity index (χ0) is 25.0. The standard InChI is InChI=1S/C20H23F3N4O4S.C2H6/c21-20(22,23)13-10-14(27(30)31)17-15(16(13)28)18(29)24-19(32-17)26-8-6-25(7-9-26)11-12-4-2-1-3-5-12;1-2/h10,12,28H,1-9,11H2;1-2H3. The Hall–Kier alpha value is -2.47. The molecule has 0 spiro atoms. The molecule has 1 N–H and O–H groups in total. The zero-order valence-corrected chi connectivity index (χ0v) is 20.0. The van der Waals surface area contributed by atoms with E-state index in [0.29, 0.717) is 19.0 Å². The molecule has 34 heavy (non-hydrogen) atoms. The number of hydrogen-bond acceptors (Lipinski definition) is 8. The van der Waals surface area contributed by atoms with Gasteiger partial charge in [0, 0.05) is 38.8 Å². The Morgan fingerprint density at radius 3 is 2.35 bits per heavy atom. The molecule has 1 aliphatic heterocycles. The van der Waals surface area contributed by atoms with Crippen LogP contribution in [0.25, 0.3) is 10.1 Å². The number of anilines is 1. The summed E-state index contributed by atoms with van der Waals surface area (Å²) < 4.78 is 39.3. The van der Waals surface area contributed by atoms with Gasteiger partial charge in [-0.25, -0.2) is 0 Å². The van der Waals surface area contributed by atoms with Crippen molar-refractivity contribution in [1.29, 1.82) is 0 Å². The second-order valence-corrected chi connectivity index (χ2v) is 9.32. The molecule has 1 aromatic heterocycles. The van der Waals surface area contributed by atoms with Crippen molar-refractivity contribution < 1.29 is 23.2 Å².